The second kappa shape index (κ2) is 13.6. The maximum Gasteiger partial charge on any atom is 0.261 e. The van der Waals surface area contributed by atoms with Crippen LogP contribution < -0.4 is 10.1 Å². The smallest absolute Gasteiger partial charge is 0.261 e. The lowest BCUT2D eigenvalue weighted by Gasteiger charge is -2.31. The molecule has 6 heteroatoms. The first-order valence-corrected chi connectivity index (χ1v) is 12.4. The molecule has 1 N–H and O–H groups in total. The maximum atomic E-state index is 13.5. The molecule has 178 valence electrons. The third-order valence-corrected chi connectivity index (χ3v) is 6.00. The van der Waals surface area contributed by atoms with Gasteiger partial charge in [0, 0.05) is 24.0 Å². The van der Waals surface area contributed by atoms with E-state index in [1.54, 1.807) is 4.90 Å². The number of ether oxygens (including phenoxy) is 1. The van der Waals surface area contributed by atoms with Crippen LogP contribution in [0.5, 0.6) is 5.75 Å². The number of amides is 2. The Hall–Kier alpha value is -3.12. The molecule has 0 radical (unpaired) electrons. The summed E-state index contributed by atoms with van der Waals surface area (Å²) in [7, 11) is 0. The molecule has 2 amide bonds. The van der Waals surface area contributed by atoms with Gasteiger partial charge in [0.1, 0.15) is 11.8 Å². The Bertz CT molecular complexity index is 1030. The predicted molar refractivity (Wildman–Crippen MR) is 138 cm³/mol. The highest BCUT2D eigenvalue weighted by atomic mass is 79.9. The number of para-hydroxylation sites is 1. The summed E-state index contributed by atoms with van der Waals surface area (Å²) in [6.45, 7) is 2.83. The van der Waals surface area contributed by atoms with E-state index in [2.05, 4.69) is 28.2 Å². The monoisotopic (exact) mass is 522 g/mol. The van der Waals surface area contributed by atoms with Crippen LogP contribution in [0.4, 0.5) is 0 Å². The van der Waals surface area contributed by atoms with Gasteiger partial charge in [0.25, 0.3) is 5.91 Å². The SMILES string of the molecule is CCCCNC(=O)C(Cc1ccccc1)N(Cc1ccc(Br)cc1)C(=O)COc1ccccc1. The second-order valence-electron chi connectivity index (χ2n) is 8.10. The molecule has 3 rings (SSSR count). The average Bonchev–Trinajstić information content (AvgIpc) is 2.87. The molecule has 0 aliphatic heterocycles. The first-order valence-electron chi connectivity index (χ1n) is 11.6. The molecule has 3 aromatic carbocycles. The molecular weight excluding hydrogens is 492 g/mol. The lowest BCUT2D eigenvalue weighted by molar-refractivity contribution is -0.142. The van der Waals surface area contributed by atoms with Crippen molar-refractivity contribution >= 4 is 27.7 Å². The van der Waals surface area contributed by atoms with Crippen molar-refractivity contribution in [3.63, 3.8) is 0 Å². The minimum atomic E-state index is -0.658. The number of carbonyl (C=O) groups excluding carboxylic acids is 2. The Balaban J connectivity index is 1.86. The zero-order valence-electron chi connectivity index (χ0n) is 19.5. The van der Waals surface area contributed by atoms with Crippen LogP contribution in [0.1, 0.15) is 30.9 Å². The third kappa shape index (κ3) is 8.03. The van der Waals surface area contributed by atoms with Crippen molar-refractivity contribution in [2.24, 2.45) is 0 Å². The van der Waals surface area contributed by atoms with E-state index in [0.29, 0.717) is 25.3 Å². The molecule has 0 saturated heterocycles. The van der Waals surface area contributed by atoms with E-state index >= 15 is 0 Å². The molecule has 1 unspecified atom stereocenters. The second-order valence-corrected chi connectivity index (χ2v) is 9.02. The quantitative estimate of drug-likeness (QED) is 0.324. The van der Waals surface area contributed by atoms with Crippen LogP contribution in [0.25, 0.3) is 0 Å². The molecule has 5 nitrogen and oxygen atoms in total. The molecule has 3 aromatic rings. The summed E-state index contributed by atoms with van der Waals surface area (Å²) in [4.78, 5) is 28.4. The van der Waals surface area contributed by atoms with E-state index in [1.807, 2.05) is 84.9 Å². The van der Waals surface area contributed by atoms with Crippen LogP contribution >= 0.6 is 15.9 Å². The van der Waals surface area contributed by atoms with Gasteiger partial charge in [-0.3, -0.25) is 9.59 Å². The van der Waals surface area contributed by atoms with E-state index in [9.17, 15) is 9.59 Å². The topological polar surface area (TPSA) is 58.6 Å². The number of carbonyl (C=O) groups is 2. The molecule has 0 saturated carbocycles. The van der Waals surface area contributed by atoms with Gasteiger partial charge in [-0.2, -0.15) is 0 Å². The van der Waals surface area contributed by atoms with Gasteiger partial charge in [-0.05, 0) is 41.8 Å². The standard InChI is InChI=1S/C28H31BrN2O3/c1-2-3-18-30-28(33)26(19-22-10-6-4-7-11-22)31(20-23-14-16-24(29)17-15-23)27(32)21-34-25-12-8-5-9-13-25/h4-17,26H,2-3,18-21H2,1H3,(H,30,33). The molecule has 0 aromatic heterocycles. The number of halogens is 1. The van der Waals surface area contributed by atoms with Gasteiger partial charge in [-0.15, -0.1) is 0 Å². The lowest BCUT2D eigenvalue weighted by atomic mass is 10.0. The first-order chi connectivity index (χ1) is 16.6. The highest BCUT2D eigenvalue weighted by molar-refractivity contribution is 9.10. The zero-order chi connectivity index (χ0) is 24.2. The molecule has 0 fully saturated rings. The van der Waals surface area contributed by atoms with Crippen LogP contribution in [0.3, 0.4) is 0 Å². The van der Waals surface area contributed by atoms with E-state index < -0.39 is 6.04 Å². The summed E-state index contributed by atoms with van der Waals surface area (Å²) < 4.78 is 6.71. The van der Waals surface area contributed by atoms with E-state index in [0.717, 1.165) is 28.4 Å². The Morgan fingerprint density at radius 2 is 1.56 bits per heavy atom. The van der Waals surface area contributed by atoms with Gasteiger partial charge < -0.3 is 15.0 Å². The summed E-state index contributed by atoms with van der Waals surface area (Å²) in [5, 5.41) is 3.03. The maximum absolute atomic E-state index is 13.5. The molecule has 0 aliphatic rings. The molecule has 0 aliphatic carbocycles. The van der Waals surface area contributed by atoms with E-state index in [1.165, 1.54) is 0 Å². The normalized spacial score (nSPS) is 11.5. The molecule has 0 bridgehead atoms. The summed E-state index contributed by atoms with van der Waals surface area (Å²) in [5.74, 6) is 0.229. The number of hydrogen-bond donors (Lipinski definition) is 1. The highest BCUT2D eigenvalue weighted by Gasteiger charge is 2.30. The minimum absolute atomic E-state index is 0.145. The van der Waals surface area contributed by atoms with Crippen molar-refractivity contribution in [3.05, 3.63) is 101 Å². The van der Waals surface area contributed by atoms with Crippen molar-refractivity contribution < 1.29 is 14.3 Å². The predicted octanol–water partition coefficient (Wildman–Crippen LogP) is 5.38. The number of unbranched alkanes of at least 4 members (excludes halogenated alkanes) is 1. The van der Waals surface area contributed by atoms with Crippen molar-refractivity contribution in [2.75, 3.05) is 13.2 Å². The molecular formula is C28H31BrN2O3. The van der Waals surface area contributed by atoms with Crippen LogP contribution in [-0.4, -0.2) is 35.9 Å². The number of nitrogens with one attached hydrogen (secondary N) is 1. The number of hydrogen-bond acceptors (Lipinski definition) is 3. The Morgan fingerprint density at radius 3 is 2.21 bits per heavy atom. The third-order valence-electron chi connectivity index (χ3n) is 5.47. The number of benzene rings is 3. The Labute approximate surface area is 210 Å². The van der Waals surface area contributed by atoms with Crippen LogP contribution in [-0.2, 0) is 22.6 Å². The van der Waals surface area contributed by atoms with Crippen LogP contribution in [0.2, 0.25) is 0 Å². The van der Waals surface area contributed by atoms with Crippen molar-refractivity contribution in [1.29, 1.82) is 0 Å². The van der Waals surface area contributed by atoms with Gasteiger partial charge in [-0.25, -0.2) is 0 Å². The lowest BCUT2D eigenvalue weighted by Crippen LogP contribution is -2.51. The Kier molecular flexibility index (Phi) is 10.2. The molecule has 0 spiro atoms. The fourth-order valence-electron chi connectivity index (χ4n) is 3.59. The number of nitrogens with zero attached hydrogens (tertiary/aromatic N) is 1. The molecule has 0 heterocycles. The summed E-state index contributed by atoms with van der Waals surface area (Å²) in [5.41, 5.74) is 1.94. The highest BCUT2D eigenvalue weighted by Crippen LogP contribution is 2.18. The van der Waals surface area contributed by atoms with Crippen molar-refractivity contribution in [2.45, 2.75) is 38.8 Å². The number of rotatable bonds is 12. The van der Waals surface area contributed by atoms with Crippen molar-refractivity contribution in [3.8, 4) is 5.75 Å². The molecule has 1 atom stereocenters. The summed E-state index contributed by atoms with van der Waals surface area (Å²) in [6.07, 6.45) is 2.30. The van der Waals surface area contributed by atoms with Gasteiger partial charge in [0.15, 0.2) is 6.61 Å². The first kappa shape index (κ1) is 25.5. The van der Waals surface area contributed by atoms with Gasteiger partial charge in [0.05, 0.1) is 0 Å². The van der Waals surface area contributed by atoms with Crippen molar-refractivity contribution in [1.82, 2.24) is 10.2 Å². The van der Waals surface area contributed by atoms with Gasteiger partial charge in [0.2, 0.25) is 5.91 Å². The van der Waals surface area contributed by atoms with E-state index in [-0.39, 0.29) is 18.4 Å². The fourth-order valence-corrected chi connectivity index (χ4v) is 3.86. The fraction of sp³-hybridized carbons (Fsp3) is 0.286. The Morgan fingerprint density at radius 1 is 0.912 bits per heavy atom. The van der Waals surface area contributed by atoms with Gasteiger partial charge in [-0.1, -0.05) is 89.9 Å². The van der Waals surface area contributed by atoms with Crippen LogP contribution in [0, 0.1) is 0 Å². The summed E-state index contributed by atoms with van der Waals surface area (Å²) in [6, 6.07) is 26.2. The van der Waals surface area contributed by atoms with Gasteiger partial charge >= 0.3 is 0 Å². The largest absolute Gasteiger partial charge is 0.484 e. The van der Waals surface area contributed by atoms with E-state index in [4.69, 9.17) is 4.74 Å². The van der Waals surface area contributed by atoms with Crippen LogP contribution in [0.15, 0.2) is 89.4 Å². The zero-order valence-corrected chi connectivity index (χ0v) is 21.0. The average molecular weight is 523 g/mol. The summed E-state index contributed by atoms with van der Waals surface area (Å²) >= 11 is 3.46. The molecule has 34 heavy (non-hydrogen) atoms. The minimum Gasteiger partial charge on any atom is -0.484 e.